The molecule has 0 saturated heterocycles. The Morgan fingerprint density at radius 2 is 1.94 bits per heavy atom. The molecule has 0 aliphatic rings. The first-order chi connectivity index (χ1) is 7.88. The number of alkyl halides is 3. The van der Waals surface area contributed by atoms with E-state index in [0.717, 1.165) is 17.4 Å². The monoisotopic (exact) mass is 259 g/mol. The molecule has 2 aromatic rings. The number of nitrogen functional groups attached to an aromatic ring is 1. The van der Waals surface area contributed by atoms with E-state index in [2.05, 4.69) is 10.2 Å². The highest BCUT2D eigenvalue weighted by molar-refractivity contribution is 7.18. The standard InChI is InChI=1S/C10H8F3N3S/c1-5-2-3-6(4-7(5)10(11,12)13)8-15-16-9(14)17-8/h2-4H,1H3,(H2,14,16). The summed E-state index contributed by atoms with van der Waals surface area (Å²) in [5.41, 5.74) is 5.28. The Bertz CT molecular complexity index is 548. The quantitative estimate of drug-likeness (QED) is 0.856. The largest absolute Gasteiger partial charge is 0.416 e. The topological polar surface area (TPSA) is 51.8 Å². The van der Waals surface area contributed by atoms with Gasteiger partial charge in [0, 0.05) is 5.56 Å². The zero-order valence-corrected chi connectivity index (χ0v) is 9.56. The van der Waals surface area contributed by atoms with Crippen molar-refractivity contribution in [2.75, 3.05) is 5.73 Å². The van der Waals surface area contributed by atoms with E-state index in [4.69, 9.17) is 5.73 Å². The van der Waals surface area contributed by atoms with Crippen LogP contribution in [0, 0.1) is 6.92 Å². The first-order valence-electron chi connectivity index (χ1n) is 4.65. The predicted molar refractivity (Wildman–Crippen MR) is 59.5 cm³/mol. The number of anilines is 1. The summed E-state index contributed by atoms with van der Waals surface area (Å²) >= 11 is 1.05. The van der Waals surface area contributed by atoms with Gasteiger partial charge in [-0.3, -0.25) is 0 Å². The minimum Gasteiger partial charge on any atom is -0.374 e. The van der Waals surface area contributed by atoms with Gasteiger partial charge in [-0.1, -0.05) is 23.5 Å². The van der Waals surface area contributed by atoms with Gasteiger partial charge in [-0.05, 0) is 18.6 Å². The van der Waals surface area contributed by atoms with Gasteiger partial charge in [0.05, 0.1) is 5.56 Å². The van der Waals surface area contributed by atoms with Crippen molar-refractivity contribution in [2.45, 2.75) is 13.1 Å². The molecular weight excluding hydrogens is 251 g/mol. The number of benzene rings is 1. The van der Waals surface area contributed by atoms with Crippen LogP contribution in [0.1, 0.15) is 11.1 Å². The molecule has 90 valence electrons. The summed E-state index contributed by atoms with van der Waals surface area (Å²) in [6, 6.07) is 4.05. The van der Waals surface area contributed by atoms with Crippen molar-refractivity contribution < 1.29 is 13.2 Å². The first kappa shape index (κ1) is 11.8. The van der Waals surface area contributed by atoms with Gasteiger partial charge in [-0.15, -0.1) is 10.2 Å². The Kier molecular flexibility index (Phi) is 2.78. The normalized spacial score (nSPS) is 11.8. The lowest BCUT2D eigenvalue weighted by molar-refractivity contribution is -0.138. The van der Waals surface area contributed by atoms with Crippen molar-refractivity contribution in [2.24, 2.45) is 0 Å². The number of hydrogen-bond acceptors (Lipinski definition) is 4. The first-order valence-corrected chi connectivity index (χ1v) is 5.47. The minimum atomic E-state index is -4.36. The van der Waals surface area contributed by atoms with Gasteiger partial charge >= 0.3 is 6.18 Å². The maximum absolute atomic E-state index is 12.7. The van der Waals surface area contributed by atoms with Crippen molar-refractivity contribution in [3.8, 4) is 10.6 Å². The van der Waals surface area contributed by atoms with Crippen LogP contribution in [-0.4, -0.2) is 10.2 Å². The number of aromatic nitrogens is 2. The molecule has 7 heteroatoms. The summed E-state index contributed by atoms with van der Waals surface area (Å²) in [5, 5.41) is 7.90. The van der Waals surface area contributed by atoms with E-state index in [0.29, 0.717) is 10.6 Å². The number of hydrogen-bond donors (Lipinski definition) is 1. The lowest BCUT2D eigenvalue weighted by atomic mass is 10.1. The molecule has 0 amide bonds. The molecule has 1 heterocycles. The number of halogens is 3. The summed E-state index contributed by atoms with van der Waals surface area (Å²) in [7, 11) is 0. The maximum atomic E-state index is 12.7. The summed E-state index contributed by atoms with van der Waals surface area (Å²) in [5.74, 6) is 0. The Morgan fingerprint density at radius 1 is 1.24 bits per heavy atom. The Labute approximate surface area is 99.1 Å². The van der Waals surface area contributed by atoms with Gasteiger partial charge in [-0.25, -0.2) is 0 Å². The summed E-state index contributed by atoms with van der Waals surface area (Å²) < 4.78 is 38.1. The van der Waals surface area contributed by atoms with Gasteiger partial charge in [0.25, 0.3) is 0 Å². The number of aryl methyl sites for hydroxylation is 1. The molecule has 1 aromatic carbocycles. The summed E-state index contributed by atoms with van der Waals surface area (Å²) in [6.45, 7) is 1.42. The Balaban J connectivity index is 2.51. The molecular formula is C10H8F3N3S. The van der Waals surface area contributed by atoms with Gasteiger partial charge in [0.1, 0.15) is 5.01 Å². The van der Waals surface area contributed by atoms with Gasteiger partial charge in [0.15, 0.2) is 0 Å². The van der Waals surface area contributed by atoms with Crippen molar-refractivity contribution in [3.05, 3.63) is 29.3 Å². The van der Waals surface area contributed by atoms with E-state index < -0.39 is 11.7 Å². The van der Waals surface area contributed by atoms with Crippen LogP contribution in [-0.2, 0) is 6.18 Å². The smallest absolute Gasteiger partial charge is 0.374 e. The van der Waals surface area contributed by atoms with E-state index in [1.165, 1.54) is 13.0 Å². The van der Waals surface area contributed by atoms with Crippen LogP contribution in [0.2, 0.25) is 0 Å². The zero-order chi connectivity index (χ0) is 12.6. The fraction of sp³-hybridized carbons (Fsp3) is 0.200. The van der Waals surface area contributed by atoms with E-state index in [-0.39, 0.29) is 10.7 Å². The lowest BCUT2D eigenvalue weighted by Crippen LogP contribution is -2.07. The molecule has 0 aliphatic heterocycles. The molecule has 17 heavy (non-hydrogen) atoms. The Hall–Kier alpha value is -1.63. The maximum Gasteiger partial charge on any atom is 0.416 e. The fourth-order valence-corrected chi connectivity index (χ4v) is 2.02. The van der Waals surface area contributed by atoms with E-state index in [1.54, 1.807) is 6.07 Å². The average Bonchev–Trinajstić information content (AvgIpc) is 2.64. The highest BCUT2D eigenvalue weighted by Gasteiger charge is 2.32. The van der Waals surface area contributed by atoms with Crippen molar-refractivity contribution in [1.82, 2.24) is 10.2 Å². The van der Waals surface area contributed by atoms with Crippen molar-refractivity contribution in [1.29, 1.82) is 0 Å². The van der Waals surface area contributed by atoms with E-state index in [1.807, 2.05) is 0 Å². The third-order valence-electron chi connectivity index (χ3n) is 2.23. The zero-order valence-electron chi connectivity index (χ0n) is 8.75. The molecule has 1 aromatic heterocycles. The molecule has 0 aliphatic carbocycles. The van der Waals surface area contributed by atoms with Gasteiger partial charge in [-0.2, -0.15) is 13.2 Å². The van der Waals surface area contributed by atoms with E-state index >= 15 is 0 Å². The summed E-state index contributed by atoms with van der Waals surface area (Å²) in [6.07, 6.45) is -4.36. The van der Waals surface area contributed by atoms with Crippen LogP contribution in [0.25, 0.3) is 10.6 Å². The average molecular weight is 259 g/mol. The molecule has 2 N–H and O–H groups in total. The highest BCUT2D eigenvalue weighted by Crippen LogP contribution is 2.35. The lowest BCUT2D eigenvalue weighted by Gasteiger charge is -2.10. The fourth-order valence-electron chi connectivity index (χ4n) is 1.41. The SMILES string of the molecule is Cc1ccc(-c2nnc(N)s2)cc1C(F)(F)F. The second-order valence-electron chi connectivity index (χ2n) is 3.47. The third kappa shape index (κ3) is 2.38. The molecule has 0 unspecified atom stereocenters. The third-order valence-corrected chi connectivity index (χ3v) is 3.03. The number of rotatable bonds is 1. The highest BCUT2D eigenvalue weighted by atomic mass is 32.1. The van der Waals surface area contributed by atoms with Crippen LogP contribution in [0.4, 0.5) is 18.3 Å². The Morgan fingerprint density at radius 3 is 2.47 bits per heavy atom. The molecule has 0 radical (unpaired) electrons. The molecule has 3 nitrogen and oxygen atoms in total. The molecule has 0 spiro atoms. The molecule has 0 fully saturated rings. The van der Waals surface area contributed by atoms with Crippen LogP contribution in [0.3, 0.4) is 0 Å². The van der Waals surface area contributed by atoms with Crippen LogP contribution >= 0.6 is 11.3 Å². The van der Waals surface area contributed by atoms with Crippen LogP contribution < -0.4 is 5.73 Å². The molecule has 0 saturated carbocycles. The van der Waals surface area contributed by atoms with Crippen molar-refractivity contribution >= 4 is 16.5 Å². The van der Waals surface area contributed by atoms with Crippen LogP contribution in [0.15, 0.2) is 18.2 Å². The van der Waals surface area contributed by atoms with E-state index in [9.17, 15) is 13.2 Å². The predicted octanol–water partition coefficient (Wildman–Crippen LogP) is 3.11. The molecule has 0 bridgehead atoms. The summed E-state index contributed by atoms with van der Waals surface area (Å²) in [4.78, 5) is 0. The van der Waals surface area contributed by atoms with Gasteiger partial charge in [0.2, 0.25) is 5.13 Å². The second kappa shape index (κ2) is 3.99. The van der Waals surface area contributed by atoms with Crippen LogP contribution in [0.5, 0.6) is 0 Å². The molecule has 2 rings (SSSR count). The second-order valence-corrected chi connectivity index (χ2v) is 4.48. The number of nitrogens with zero attached hydrogens (tertiary/aromatic N) is 2. The molecule has 0 atom stereocenters. The minimum absolute atomic E-state index is 0.179. The van der Waals surface area contributed by atoms with Crippen molar-refractivity contribution in [3.63, 3.8) is 0 Å². The number of nitrogens with two attached hydrogens (primary N) is 1. The van der Waals surface area contributed by atoms with Gasteiger partial charge < -0.3 is 5.73 Å².